The number of carbonyl (C=O) groups excluding carboxylic acids is 1. The molecule has 0 radical (unpaired) electrons. The molecule has 24 heavy (non-hydrogen) atoms. The molecule has 0 saturated carbocycles. The van der Waals surface area contributed by atoms with Gasteiger partial charge in [-0.15, -0.1) is 0 Å². The minimum Gasteiger partial charge on any atom is -0.477 e. The number of ether oxygens (including phenoxy) is 1. The topological polar surface area (TPSA) is 64.3 Å². The number of benzene rings is 2. The molecule has 0 fully saturated rings. The van der Waals surface area contributed by atoms with Gasteiger partial charge in [0.05, 0.1) is 6.04 Å². The number of halogens is 3. The van der Waals surface area contributed by atoms with E-state index in [1.807, 2.05) is 0 Å². The zero-order valence-electron chi connectivity index (χ0n) is 12.6. The molecule has 2 atom stereocenters. The lowest BCUT2D eigenvalue weighted by atomic mass is 10.0. The predicted octanol–water partition coefficient (Wildman–Crippen LogP) is 2.22. The maximum absolute atomic E-state index is 13.8. The molecule has 1 heterocycles. The summed E-state index contributed by atoms with van der Waals surface area (Å²) in [5.41, 5.74) is 6.15. The Morgan fingerprint density at radius 2 is 2.00 bits per heavy atom. The predicted molar refractivity (Wildman–Crippen MR) is 80.8 cm³/mol. The highest BCUT2D eigenvalue weighted by molar-refractivity contribution is 5.83. The molecule has 2 aromatic carbocycles. The Morgan fingerprint density at radius 1 is 1.25 bits per heavy atom. The maximum atomic E-state index is 13.8. The molecule has 0 bridgehead atoms. The third-order valence-electron chi connectivity index (χ3n) is 3.88. The summed E-state index contributed by atoms with van der Waals surface area (Å²) in [5.74, 6) is -2.78. The summed E-state index contributed by atoms with van der Waals surface area (Å²) in [6, 6.07) is 7.03. The van der Waals surface area contributed by atoms with Gasteiger partial charge in [-0.3, -0.25) is 4.79 Å². The summed E-state index contributed by atoms with van der Waals surface area (Å²) in [5, 5.41) is 2.59. The van der Waals surface area contributed by atoms with Crippen LogP contribution in [0.15, 0.2) is 36.4 Å². The fourth-order valence-electron chi connectivity index (χ4n) is 2.71. The molecule has 3 N–H and O–H groups in total. The van der Waals surface area contributed by atoms with Crippen molar-refractivity contribution in [3.8, 4) is 5.75 Å². The number of amides is 1. The van der Waals surface area contributed by atoms with Crippen molar-refractivity contribution >= 4 is 5.91 Å². The van der Waals surface area contributed by atoms with Gasteiger partial charge in [-0.2, -0.15) is 0 Å². The Morgan fingerprint density at radius 3 is 2.71 bits per heavy atom. The summed E-state index contributed by atoms with van der Waals surface area (Å²) in [4.78, 5) is 12.3. The molecular formula is C17H15F3N2O2. The number of carbonyl (C=O) groups is 1. The molecule has 3 rings (SSSR count). The Balaban J connectivity index is 1.74. The average molecular weight is 336 g/mol. The van der Waals surface area contributed by atoms with Gasteiger partial charge in [-0.05, 0) is 12.1 Å². The molecule has 7 heteroatoms. The van der Waals surface area contributed by atoms with E-state index in [4.69, 9.17) is 10.5 Å². The fraction of sp³-hybridized carbons (Fsp3) is 0.235. The lowest BCUT2D eigenvalue weighted by Crippen LogP contribution is -2.42. The number of nitrogens with two attached hydrogens (primary N) is 1. The second kappa shape index (κ2) is 6.52. The van der Waals surface area contributed by atoms with Crippen LogP contribution in [0.25, 0.3) is 0 Å². The first kappa shape index (κ1) is 16.3. The largest absolute Gasteiger partial charge is 0.477 e. The molecule has 1 amide bonds. The highest BCUT2D eigenvalue weighted by Crippen LogP contribution is 2.32. The van der Waals surface area contributed by atoms with Crippen molar-refractivity contribution in [3.05, 3.63) is 65.0 Å². The number of nitrogens with one attached hydrogen (secondary N) is 1. The standard InChI is InChI=1S/C17H15F3N2O2/c18-10-5-9-6-15(24-16(9)13(20)7-10)17(23)22-14(8-21)11-3-1-2-4-12(11)19/h1-5,7,14-15H,6,8,21H2,(H,22,23). The Hall–Kier alpha value is -2.54. The minimum atomic E-state index is -1.02. The summed E-state index contributed by atoms with van der Waals surface area (Å²) in [7, 11) is 0. The molecule has 0 aliphatic carbocycles. The first-order valence-corrected chi connectivity index (χ1v) is 7.39. The number of hydrogen-bond donors (Lipinski definition) is 2. The van der Waals surface area contributed by atoms with Crippen molar-refractivity contribution in [2.75, 3.05) is 6.54 Å². The van der Waals surface area contributed by atoms with Crippen LogP contribution in [0.5, 0.6) is 5.75 Å². The van der Waals surface area contributed by atoms with Crippen LogP contribution in [-0.4, -0.2) is 18.6 Å². The summed E-state index contributed by atoms with van der Waals surface area (Å²) in [6.45, 7) is -0.0185. The van der Waals surface area contributed by atoms with Crippen molar-refractivity contribution in [2.45, 2.75) is 18.6 Å². The maximum Gasteiger partial charge on any atom is 0.261 e. The van der Waals surface area contributed by atoms with E-state index in [1.54, 1.807) is 6.07 Å². The van der Waals surface area contributed by atoms with Gasteiger partial charge in [-0.25, -0.2) is 13.2 Å². The normalized spacial score (nSPS) is 17.1. The van der Waals surface area contributed by atoms with Crippen LogP contribution in [0.1, 0.15) is 17.2 Å². The Labute approximate surface area is 136 Å². The van der Waals surface area contributed by atoms with Crippen LogP contribution in [-0.2, 0) is 11.2 Å². The summed E-state index contributed by atoms with van der Waals surface area (Å²) >= 11 is 0. The van der Waals surface area contributed by atoms with Crippen LogP contribution in [0.4, 0.5) is 13.2 Å². The molecule has 0 aromatic heterocycles. The summed E-state index contributed by atoms with van der Waals surface area (Å²) < 4.78 is 46.0. The molecular weight excluding hydrogens is 321 g/mol. The van der Waals surface area contributed by atoms with Crippen LogP contribution in [0.3, 0.4) is 0 Å². The lowest BCUT2D eigenvalue weighted by molar-refractivity contribution is -0.128. The van der Waals surface area contributed by atoms with Crippen molar-refractivity contribution in [1.29, 1.82) is 0 Å². The molecule has 2 unspecified atom stereocenters. The third kappa shape index (κ3) is 3.07. The first-order valence-electron chi connectivity index (χ1n) is 7.39. The van der Waals surface area contributed by atoms with E-state index in [1.165, 1.54) is 18.2 Å². The fourth-order valence-corrected chi connectivity index (χ4v) is 2.71. The summed E-state index contributed by atoms with van der Waals surface area (Å²) in [6.07, 6.45) is -0.984. The smallest absolute Gasteiger partial charge is 0.261 e. The lowest BCUT2D eigenvalue weighted by Gasteiger charge is -2.20. The Kier molecular flexibility index (Phi) is 4.44. The molecule has 0 spiro atoms. The molecule has 1 aliphatic heterocycles. The van der Waals surface area contributed by atoms with Gasteiger partial charge in [0, 0.05) is 30.2 Å². The van der Waals surface area contributed by atoms with Gasteiger partial charge in [0.2, 0.25) is 0 Å². The molecule has 4 nitrogen and oxygen atoms in total. The average Bonchev–Trinajstić information content (AvgIpc) is 2.97. The van der Waals surface area contributed by atoms with E-state index in [2.05, 4.69) is 5.32 Å². The van der Waals surface area contributed by atoms with Gasteiger partial charge in [0.15, 0.2) is 17.7 Å². The van der Waals surface area contributed by atoms with E-state index >= 15 is 0 Å². The van der Waals surface area contributed by atoms with E-state index in [0.29, 0.717) is 6.07 Å². The van der Waals surface area contributed by atoms with E-state index in [0.717, 1.165) is 6.07 Å². The van der Waals surface area contributed by atoms with Crippen LogP contribution >= 0.6 is 0 Å². The van der Waals surface area contributed by atoms with Crippen molar-refractivity contribution < 1.29 is 22.7 Å². The van der Waals surface area contributed by atoms with E-state index in [9.17, 15) is 18.0 Å². The van der Waals surface area contributed by atoms with Gasteiger partial charge >= 0.3 is 0 Å². The zero-order chi connectivity index (χ0) is 17.3. The van der Waals surface area contributed by atoms with E-state index < -0.39 is 35.5 Å². The monoisotopic (exact) mass is 336 g/mol. The van der Waals surface area contributed by atoms with Gasteiger partial charge in [0.1, 0.15) is 11.6 Å². The number of hydrogen-bond acceptors (Lipinski definition) is 3. The van der Waals surface area contributed by atoms with Gasteiger partial charge in [-0.1, -0.05) is 18.2 Å². The van der Waals surface area contributed by atoms with E-state index in [-0.39, 0.29) is 29.8 Å². The van der Waals surface area contributed by atoms with Crippen LogP contribution < -0.4 is 15.8 Å². The van der Waals surface area contributed by atoms with Crippen molar-refractivity contribution in [3.63, 3.8) is 0 Å². The molecule has 1 aliphatic rings. The quantitative estimate of drug-likeness (QED) is 0.900. The SMILES string of the molecule is NCC(NC(=O)C1Cc2cc(F)cc(F)c2O1)c1ccccc1F. The number of fused-ring (bicyclic) bond motifs is 1. The zero-order valence-corrected chi connectivity index (χ0v) is 12.6. The highest BCUT2D eigenvalue weighted by atomic mass is 19.1. The van der Waals surface area contributed by atoms with Gasteiger partial charge in [0.25, 0.3) is 5.91 Å². The van der Waals surface area contributed by atoms with Crippen LogP contribution in [0, 0.1) is 17.5 Å². The van der Waals surface area contributed by atoms with Crippen molar-refractivity contribution in [1.82, 2.24) is 5.32 Å². The van der Waals surface area contributed by atoms with Crippen LogP contribution in [0.2, 0.25) is 0 Å². The molecule has 126 valence electrons. The number of rotatable bonds is 4. The molecule has 0 saturated heterocycles. The highest BCUT2D eigenvalue weighted by Gasteiger charge is 2.33. The third-order valence-corrected chi connectivity index (χ3v) is 3.88. The Bertz CT molecular complexity index is 782. The minimum absolute atomic E-state index is 0.0185. The second-order valence-electron chi connectivity index (χ2n) is 5.50. The van der Waals surface area contributed by atoms with Gasteiger partial charge < -0.3 is 15.8 Å². The van der Waals surface area contributed by atoms with Crippen molar-refractivity contribution in [2.24, 2.45) is 5.73 Å². The first-order chi connectivity index (χ1) is 11.5. The second-order valence-corrected chi connectivity index (χ2v) is 5.50. The molecule has 2 aromatic rings.